The van der Waals surface area contributed by atoms with Crippen LogP contribution >= 0.6 is 0 Å². The molecule has 0 aromatic heterocycles. The molecule has 25 heavy (non-hydrogen) atoms. The summed E-state index contributed by atoms with van der Waals surface area (Å²) in [5, 5.41) is 0. The van der Waals surface area contributed by atoms with Crippen molar-refractivity contribution in [1.82, 2.24) is 0 Å². The highest BCUT2D eigenvalue weighted by Crippen LogP contribution is 2.38. The third-order valence-corrected chi connectivity index (χ3v) is 5.49. The number of benzene rings is 2. The Morgan fingerprint density at radius 2 is 1.48 bits per heavy atom. The molecular weight excluding hydrogens is 321 g/mol. The third-order valence-electron chi connectivity index (χ3n) is 5.49. The van der Waals surface area contributed by atoms with Gasteiger partial charge in [0.1, 0.15) is 17.5 Å². The molecule has 1 saturated carbocycles. The van der Waals surface area contributed by atoms with Crippen molar-refractivity contribution in [2.45, 2.75) is 57.8 Å². The summed E-state index contributed by atoms with van der Waals surface area (Å²) in [7, 11) is 0. The quantitative estimate of drug-likeness (QED) is 0.535. The van der Waals surface area contributed by atoms with Crippen LogP contribution < -0.4 is 0 Å². The second kappa shape index (κ2) is 8.07. The molecule has 3 rings (SSSR count). The molecule has 0 nitrogen and oxygen atoms in total. The minimum atomic E-state index is -0.893. The SMILES string of the molecule is CCCCC1CCC(c2ccc(-c3c(F)cc(F)cc3F)cc2)CC1. The highest BCUT2D eigenvalue weighted by atomic mass is 19.1. The first-order valence-electron chi connectivity index (χ1n) is 9.33. The summed E-state index contributed by atoms with van der Waals surface area (Å²) in [5.74, 6) is -1.22. The van der Waals surface area contributed by atoms with Gasteiger partial charge in [0.25, 0.3) is 0 Å². The van der Waals surface area contributed by atoms with Gasteiger partial charge in [0.05, 0.1) is 5.56 Å². The van der Waals surface area contributed by atoms with E-state index in [1.807, 2.05) is 12.1 Å². The molecule has 0 aliphatic heterocycles. The van der Waals surface area contributed by atoms with Crippen LogP contribution in [0, 0.1) is 23.4 Å². The van der Waals surface area contributed by atoms with Crippen molar-refractivity contribution in [2.24, 2.45) is 5.92 Å². The number of unbranched alkanes of at least 4 members (excludes halogenated alkanes) is 1. The van der Waals surface area contributed by atoms with E-state index in [2.05, 4.69) is 6.92 Å². The van der Waals surface area contributed by atoms with Crippen LogP contribution in [0.15, 0.2) is 36.4 Å². The van der Waals surface area contributed by atoms with Crippen molar-refractivity contribution in [3.63, 3.8) is 0 Å². The summed E-state index contributed by atoms with van der Waals surface area (Å²) in [6.07, 6.45) is 8.84. The Hall–Kier alpha value is -1.77. The molecule has 1 aliphatic rings. The Labute approximate surface area is 148 Å². The fraction of sp³-hybridized carbons (Fsp3) is 0.455. The molecule has 0 spiro atoms. The van der Waals surface area contributed by atoms with E-state index < -0.39 is 17.5 Å². The van der Waals surface area contributed by atoms with Gasteiger partial charge < -0.3 is 0 Å². The second-order valence-electron chi connectivity index (χ2n) is 7.23. The van der Waals surface area contributed by atoms with Gasteiger partial charge in [-0.15, -0.1) is 0 Å². The van der Waals surface area contributed by atoms with Gasteiger partial charge in [0, 0.05) is 12.1 Å². The average Bonchev–Trinajstić information content (AvgIpc) is 2.60. The summed E-state index contributed by atoms with van der Waals surface area (Å²) >= 11 is 0. The van der Waals surface area contributed by atoms with Crippen LogP contribution in [-0.2, 0) is 0 Å². The zero-order valence-corrected chi connectivity index (χ0v) is 14.7. The number of halogens is 3. The van der Waals surface area contributed by atoms with Crippen LogP contribution in [-0.4, -0.2) is 0 Å². The van der Waals surface area contributed by atoms with Crippen molar-refractivity contribution in [2.75, 3.05) is 0 Å². The molecule has 0 atom stereocenters. The van der Waals surface area contributed by atoms with Gasteiger partial charge in [-0.25, -0.2) is 13.2 Å². The van der Waals surface area contributed by atoms with Gasteiger partial charge in [-0.2, -0.15) is 0 Å². The summed E-state index contributed by atoms with van der Waals surface area (Å²) in [6.45, 7) is 2.24. The minimum absolute atomic E-state index is 0.156. The molecular formula is C22H25F3. The van der Waals surface area contributed by atoms with Crippen LogP contribution in [0.5, 0.6) is 0 Å². The standard InChI is InChI=1S/C22H25F3/c1-2-3-4-15-5-7-16(8-6-15)17-9-11-18(12-10-17)22-20(24)13-19(23)14-21(22)25/h9-16H,2-8H2,1H3. The van der Waals surface area contributed by atoms with Crippen molar-refractivity contribution in [3.8, 4) is 11.1 Å². The van der Waals surface area contributed by atoms with Gasteiger partial charge in [0.15, 0.2) is 0 Å². The Morgan fingerprint density at radius 1 is 0.880 bits per heavy atom. The minimum Gasteiger partial charge on any atom is -0.207 e. The molecule has 2 aromatic rings. The number of hydrogen-bond acceptors (Lipinski definition) is 0. The molecule has 1 aliphatic carbocycles. The van der Waals surface area contributed by atoms with Crippen LogP contribution in [0.3, 0.4) is 0 Å². The van der Waals surface area contributed by atoms with Crippen molar-refractivity contribution >= 4 is 0 Å². The van der Waals surface area contributed by atoms with Crippen molar-refractivity contribution in [1.29, 1.82) is 0 Å². The normalized spacial score (nSPS) is 20.6. The summed E-state index contributed by atoms with van der Waals surface area (Å²) in [4.78, 5) is 0. The first-order chi connectivity index (χ1) is 12.1. The first kappa shape index (κ1) is 18.0. The lowest BCUT2D eigenvalue weighted by Gasteiger charge is -2.29. The van der Waals surface area contributed by atoms with E-state index in [4.69, 9.17) is 0 Å². The first-order valence-corrected chi connectivity index (χ1v) is 9.33. The zero-order valence-electron chi connectivity index (χ0n) is 14.7. The fourth-order valence-corrected chi connectivity index (χ4v) is 4.02. The third kappa shape index (κ3) is 4.26. The Morgan fingerprint density at radius 3 is 2.04 bits per heavy atom. The number of rotatable bonds is 5. The van der Waals surface area contributed by atoms with Crippen LogP contribution in [0.1, 0.15) is 63.4 Å². The predicted molar refractivity (Wildman–Crippen MR) is 96.0 cm³/mol. The molecule has 0 radical (unpaired) electrons. The summed E-state index contributed by atoms with van der Waals surface area (Å²) < 4.78 is 40.9. The highest BCUT2D eigenvalue weighted by Gasteiger charge is 2.22. The van der Waals surface area contributed by atoms with Crippen molar-refractivity contribution in [3.05, 3.63) is 59.4 Å². The Balaban J connectivity index is 1.70. The van der Waals surface area contributed by atoms with E-state index >= 15 is 0 Å². The van der Waals surface area contributed by atoms with E-state index in [0.29, 0.717) is 11.5 Å². The monoisotopic (exact) mass is 346 g/mol. The van der Waals surface area contributed by atoms with Gasteiger partial charge in [-0.1, -0.05) is 50.5 Å². The van der Waals surface area contributed by atoms with E-state index in [0.717, 1.165) is 18.1 Å². The maximum Gasteiger partial charge on any atom is 0.136 e. The average molecular weight is 346 g/mol. The molecule has 0 amide bonds. The van der Waals surface area contributed by atoms with Gasteiger partial charge in [-0.3, -0.25) is 0 Å². The van der Waals surface area contributed by atoms with E-state index in [1.165, 1.54) is 50.5 Å². The maximum atomic E-state index is 13.9. The van der Waals surface area contributed by atoms with Crippen molar-refractivity contribution < 1.29 is 13.2 Å². The van der Waals surface area contributed by atoms with Crippen LogP contribution in [0.4, 0.5) is 13.2 Å². The lowest BCUT2D eigenvalue weighted by molar-refractivity contribution is 0.304. The van der Waals surface area contributed by atoms with Gasteiger partial charge in [-0.05, 0) is 48.6 Å². The molecule has 0 saturated heterocycles. The molecule has 0 heterocycles. The maximum absolute atomic E-state index is 13.9. The van der Waals surface area contributed by atoms with Gasteiger partial charge in [0.2, 0.25) is 0 Å². The van der Waals surface area contributed by atoms with E-state index in [1.54, 1.807) is 12.1 Å². The van der Waals surface area contributed by atoms with E-state index in [-0.39, 0.29) is 5.56 Å². The predicted octanol–water partition coefficient (Wildman–Crippen LogP) is 7.23. The lowest BCUT2D eigenvalue weighted by Crippen LogP contribution is -2.13. The topological polar surface area (TPSA) is 0 Å². The summed E-state index contributed by atoms with van der Waals surface area (Å²) in [6, 6.07) is 8.88. The molecule has 0 unspecified atom stereocenters. The Kier molecular flexibility index (Phi) is 5.82. The second-order valence-corrected chi connectivity index (χ2v) is 7.23. The lowest BCUT2D eigenvalue weighted by atomic mass is 9.77. The molecule has 2 aromatic carbocycles. The Bertz CT molecular complexity index is 675. The van der Waals surface area contributed by atoms with Crippen LogP contribution in [0.25, 0.3) is 11.1 Å². The molecule has 0 N–H and O–H groups in total. The fourth-order valence-electron chi connectivity index (χ4n) is 4.02. The molecule has 3 heteroatoms. The van der Waals surface area contributed by atoms with Gasteiger partial charge >= 0.3 is 0 Å². The molecule has 1 fully saturated rings. The smallest absolute Gasteiger partial charge is 0.136 e. The zero-order chi connectivity index (χ0) is 17.8. The summed E-state index contributed by atoms with van der Waals surface area (Å²) in [5.41, 5.74) is 1.53. The molecule has 0 bridgehead atoms. The number of hydrogen-bond donors (Lipinski definition) is 0. The van der Waals surface area contributed by atoms with E-state index in [9.17, 15) is 13.2 Å². The highest BCUT2D eigenvalue weighted by molar-refractivity contribution is 5.65. The largest absolute Gasteiger partial charge is 0.207 e. The van der Waals surface area contributed by atoms with Crippen LogP contribution in [0.2, 0.25) is 0 Å². The molecule has 134 valence electrons.